The number of rotatable bonds is 21. The lowest BCUT2D eigenvalue weighted by atomic mass is 9.85. The maximum Gasteiger partial charge on any atom is 0.261 e. The first kappa shape index (κ1) is 57.8. The zero-order valence-corrected chi connectivity index (χ0v) is 47.5. The Morgan fingerprint density at radius 2 is 0.878 bits per heavy atom. The Hall–Kier alpha value is -8.84. The minimum atomic E-state index is -4.27. The molecule has 4 aliphatic heterocycles. The van der Waals surface area contributed by atoms with Crippen molar-refractivity contribution in [2.75, 3.05) is 13.1 Å². The smallest absolute Gasteiger partial charge is 0.261 e. The summed E-state index contributed by atoms with van der Waals surface area (Å²) in [6, 6.07) is 22.7. The van der Waals surface area contributed by atoms with E-state index in [0.717, 1.165) is 43.4 Å². The van der Waals surface area contributed by atoms with Crippen LogP contribution in [-0.2, 0) is 20.6 Å². The van der Waals surface area contributed by atoms with Crippen LogP contribution >= 0.6 is 0 Å². The van der Waals surface area contributed by atoms with Gasteiger partial charge in [0.05, 0.1) is 90.1 Å². The molecule has 0 saturated carbocycles. The van der Waals surface area contributed by atoms with E-state index in [9.17, 15) is 52.9 Å². The topological polar surface area (TPSA) is 230 Å². The predicted molar refractivity (Wildman–Crippen MR) is 310 cm³/mol. The second kappa shape index (κ2) is 24.9. The molecule has 82 heavy (non-hydrogen) atoms. The van der Waals surface area contributed by atoms with Crippen LogP contribution in [0.1, 0.15) is 200 Å². The van der Waals surface area contributed by atoms with Crippen LogP contribution in [0.4, 0.5) is 11.4 Å². The lowest BCUT2D eigenvalue weighted by Crippen LogP contribution is -2.41. The first-order valence-electron chi connectivity index (χ1n) is 28.1. The zero-order chi connectivity index (χ0) is 58.4. The van der Waals surface area contributed by atoms with E-state index in [1.165, 1.54) is 118 Å². The number of sulfone groups is 1. The van der Waals surface area contributed by atoms with E-state index in [2.05, 4.69) is 41.7 Å². The number of carbonyl (C=O) groups excluding carboxylic acids is 4. The van der Waals surface area contributed by atoms with Gasteiger partial charge >= 0.3 is 0 Å². The highest BCUT2D eigenvalue weighted by Gasteiger charge is 2.43. The van der Waals surface area contributed by atoms with Gasteiger partial charge in [0.15, 0.2) is 9.84 Å². The molecule has 15 nitrogen and oxygen atoms in total. The van der Waals surface area contributed by atoms with Crippen LogP contribution in [-0.4, -0.2) is 59.1 Å². The van der Waals surface area contributed by atoms with Crippen LogP contribution in [0.2, 0.25) is 0 Å². The second-order valence-corrected chi connectivity index (χ2v) is 24.4. The van der Waals surface area contributed by atoms with Gasteiger partial charge in [-0.2, -0.15) is 21.0 Å². The van der Waals surface area contributed by atoms with Crippen molar-refractivity contribution >= 4 is 77.2 Å². The summed E-state index contributed by atoms with van der Waals surface area (Å²) in [5.41, 5.74) is 2.31. The Kier molecular flexibility index (Phi) is 17.6. The average Bonchev–Trinajstić information content (AvgIpc) is 1.76. The monoisotopic (exact) mass is 1130 g/mol. The van der Waals surface area contributed by atoms with E-state index in [1.807, 2.05) is 6.07 Å². The van der Waals surface area contributed by atoms with E-state index in [4.69, 9.17) is 13.1 Å². The van der Waals surface area contributed by atoms with Crippen LogP contribution in [0.25, 0.3) is 53.5 Å². The Bertz CT molecular complexity index is 4080. The number of hydrogen-bond donors (Lipinski definition) is 0. The van der Waals surface area contributed by atoms with Crippen LogP contribution in [0.15, 0.2) is 80.2 Å². The Balaban J connectivity index is 0.000000198. The highest BCUT2D eigenvalue weighted by atomic mass is 32.2. The molecule has 0 N–H and O–H groups in total. The third-order valence-electron chi connectivity index (χ3n) is 16.0. The molecule has 4 amide bonds. The van der Waals surface area contributed by atoms with E-state index < -0.39 is 44.3 Å². The number of nitriles is 4. The van der Waals surface area contributed by atoms with Gasteiger partial charge in [0.25, 0.3) is 23.6 Å². The van der Waals surface area contributed by atoms with Crippen LogP contribution in [0.3, 0.4) is 0 Å². The van der Waals surface area contributed by atoms with Crippen LogP contribution < -0.4 is 0 Å². The second-order valence-electron chi connectivity index (χ2n) is 21.1. The van der Waals surface area contributed by atoms with Crippen molar-refractivity contribution in [3.8, 4) is 46.5 Å². The van der Waals surface area contributed by atoms with Gasteiger partial charge in [-0.1, -0.05) is 123 Å². The van der Waals surface area contributed by atoms with Gasteiger partial charge in [0.1, 0.15) is 0 Å². The normalized spacial score (nSPS) is 14.6. The van der Waals surface area contributed by atoms with E-state index in [0.29, 0.717) is 45.2 Å². The van der Waals surface area contributed by atoms with Crippen molar-refractivity contribution in [2.24, 2.45) is 0 Å². The van der Waals surface area contributed by atoms with Gasteiger partial charge < -0.3 is 0 Å². The summed E-state index contributed by atoms with van der Waals surface area (Å²) in [5.74, 6) is -2.12. The molecule has 0 radical (unpaired) electrons. The molecule has 17 heteroatoms. The third kappa shape index (κ3) is 10.3. The van der Waals surface area contributed by atoms with E-state index in [1.54, 1.807) is 18.2 Å². The fraction of sp³-hybridized carbons (Fsp3) is 0.354. The summed E-state index contributed by atoms with van der Waals surface area (Å²) in [7, 11) is -6.07. The first-order chi connectivity index (χ1) is 39.8. The number of nitrogens with zero attached hydrogens (tertiary/aromatic N) is 8. The molecule has 0 aliphatic carbocycles. The molecule has 0 fully saturated rings. The molecule has 6 aromatic rings. The van der Waals surface area contributed by atoms with Gasteiger partial charge in [-0.3, -0.25) is 33.2 Å². The summed E-state index contributed by atoms with van der Waals surface area (Å²) in [4.78, 5) is 64.4. The van der Waals surface area contributed by atoms with Crippen molar-refractivity contribution in [1.82, 2.24) is 9.80 Å². The molecule has 0 aromatic heterocycles. The van der Waals surface area contributed by atoms with Crippen molar-refractivity contribution in [3.05, 3.63) is 128 Å². The number of hydrogen-bond acceptors (Lipinski definition) is 11. The van der Waals surface area contributed by atoms with Crippen LogP contribution in [0.5, 0.6) is 0 Å². The standard InChI is InChI=1S/C33H30N4O4S.C32H28N4O3S/c1-3-4-5-6-7-8-9-10-11-12-15-37-32(38)24-17-22(20-35)28-23-16-21(19-34)13-14-27(23)42(40,41)31-26(36-2)18-25(33(37)39)29(24)30(28)31;1-3-4-5-6-7-8-9-10-11-14-36-31(37)23-16-21(19-34)27-22-15-20(18-33)12-13-26(22)40(39)30-25(35-2)17-24(32(36)38)28(23)29(27)30/h13-14,16-18H,3-12,15H2,1H3;12-13,15-17H,3-11,14H2,1H3. The lowest BCUT2D eigenvalue weighted by molar-refractivity contribution is 0.0592. The van der Waals surface area contributed by atoms with Crippen molar-refractivity contribution in [3.63, 3.8) is 0 Å². The summed E-state index contributed by atoms with van der Waals surface area (Å²) in [6.07, 6.45) is 20.9. The minimum Gasteiger partial charge on any atom is -0.274 e. The largest absolute Gasteiger partial charge is 0.274 e. The van der Waals surface area contributed by atoms with E-state index >= 15 is 0 Å². The van der Waals surface area contributed by atoms with Crippen LogP contribution in [0, 0.1) is 58.5 Å². The highest BCUT2D eigenvalue weighted by Crippen LogP contribution is 2.54. The van der Waals surface area contributed by atoms with E-state index in [-0.39, 0.29) is 100.0 Å². The fourth-order valence-corrected chi connectivity index (χ4v) is 15.2. The summed E-state index contributed by atoms with van der Waals surface area (Å²) in [5, 5.41) is 40.0. The molecule has 4 heterocycles. The molecule has 0 bridgehead atoms. The first-order valence-corrected chi connectivity index (χ1v) is 30.8. The highest BCUT2D eigenvalue weighted by molar-refractivity contribution is 7.92. The summed E-state index contributed by atoms with van der Waals surface area (Å²) in [6.45, 7) is 20.4. The number of fused-ring (bicyclic) bond motifs is 4. The molecule has 0 spiro atoms. The Morgan fingerprint density at radius 1 is 0.476 bits per heavy atom. The lowest BCUT2D eigenvalue weighted by Gasteiger charge is -2.31. The molecule has 4 aliphatic rings. The van der Waals surface area contributed by atoms with Gasteiger partial charge in [-0.25, -0.2) is 18.1 Å². The summed E-state index contributed by atoms with van der Waals surface area (Å²) < 4.78 is 41.4. The fourth-order valence-electron chi connectivity index (χ4n) is 11.9. The Morgan fingerprint density at radius 3 is 1.33 bits per heavy atom. The number of benzene rings is 6. The molecular formula is C65H58N8O7S2. The number of carbonyl (C=O) groups is 4. The molecule has 6 aromatic carbocycles. The number of imide groups is 2. The molecular weight excluding hydrogens is 1070 g/mol. The minimum absolute atomic E-state index is 0.0235. The average molecular weight is 1130 g/mol. The third-order valence-corrected chi connectivity index (χ3v) is 19.4. The summed E-state index contributed by atoms with van der Waals surface area (Å²) >= 11 is 0. The molecule has 10 rings (SSSR count). The molecule has 1 unspecified atom stereocenters. The van der Waals surface area contributed by atoms with Gasteiger partial charge in [0.2, 0.25) is 11.4 Å². The molecule has 412 valence electrons. The SMILES string of the molecule is [C-]#[N+]c1cc2c3c(cc(C#N)c4c3c1S(=O)(=O)c1ccc(C#N)cc1-4)C(=O)N(CCCCCCCCCCCC)C2=O.[C-]#[N+]c1cc2c3c(cc(C#N)c4c3c1S(=O)c1ccc(C#N)cc1-4)C(=O)N(CCCCCCCCCCC)C2=O. The quantitative estimate of drug-likeness (QED) is 0.0373. The van der Waals surface area contributed by atoms with Crippen molar-refractivity contribution in [1.29, 1.82) is 21.0 Å². The van der Waals surface area contributed by atoms with Gasteiger partial charge in [0, 0.05) is 73.8 Å². The maximum atomic E-state index is 13.8. The van der Waals surface area contributed by atoms with Gasteiger partial charge in [-0.05, 0) is 78.9 Å². The number of amides is 4. The zero-order valence-electron chi connectivity index (χ0n) is 45.9. The molecule has 1 atom stereocenters. The Labute approximate surface area is 480 Å². The van der Waals surface area contributed by atoms with Crippen molar-refractivity contribution < 1.29 is 31.8 Å². The predicted octanol–water partition coefficient (Wildman–Crippen LogP) is 14.9. The van der Waals surface area contributed by atoms with Crippen molar-refractivity contribution in [2.45, 2.75) is 155 Å². The molecule has 0 saturated heterocycles. The number of unbranched alkanes of at least 4 members (excludes halogenated alkanes) is 17. The maximum absolute atomic E-state index is 13.8. The van der Waals surface area contributed by atoms with Gasteiger partial charge in [-0.15, -0.1) is 0 Å².